The number of rotatable bonds is 6. The van der Waals surface area contributed by atoms with Crippen molar-refractivity contribution in [2.45, 2.75) is 126 Å². The van der Waals surface area contributed by atoms with E-state index in [0.29, 0.717) is 11.8 Å². The van der Waals surface area contributed by atoms with E-state index in [1.807, 2.05) is 13.8 Å². The van der Waals surface area contributed by atoms with Crippen molar-refractivity contribution in [3.05, 3.63) is 201 Å². The Morgan fingerprint density at radius 2 is 0.786 bits per heavy atom. The second-order valence-corrected chi connectivity index (χ2v) is 24.1. The summed E-state index contributed by atoms with van der Waals surface area (Å²) in [7, 11) is -4.05. The van der Waals surface area contributed by atoms with Crippen LogP contribution in [-0.4, -0.2) is 60.6 Å². The highest BCUT2D eigenvalue weighted by Gasteiger charge is 2.50. The topological polar surface area (TPSA) is 120 Å². The van der Waals surface area contributed by atoms with Crippen LogP contribution in [0.1, 0.15) is 126 Å². The van der Waals surface area contributed by atoms with Crippen molar-refractivity contribution < 1.29 is 35.1 Å². The lowest BCUT2D eigenvalue weighted by atomic mass is 9.77. The van der Waals surface area contributed by atoms with Gasteiger partial charge in [0.1, 0.15) is 34.3 Å². The summed E-state index contributed by atoms with van der Waals surface area (Å²) in [6, 6.07) is 34.4. The van der Waals surface area contributed by atoms with Crippen molar-refractivity contribution in [2.24, 2.45) is 0 Å². The third-order valence-corrected chi connectivity index (χ3v) is 17.1. The van der Waals surface area contributed by atoms with Crippen molar-refractivity contribution in [2.75, 3.05) is 14.1 Å². The molecule has 8 nitrogen and oxygen atoms in total. The summed E-state index contributed by atoms with van der Waals surface area (Å²) in [5.74, 6) is 0.858. The van der Waals surface area contributed by atoms with E-state index >= 15 is 0 Å². The van der Waals surface area contributed by atoms with Gasteiger partial charge in [0.2, 0.25) is 11.4 Å². The van der Waals surface area contributed by atoms with Crippen molar-refractivity contribution in [3.63, 3.8) is 0 Å². The van der Waals surface area contributed by atoms with Crippen molar-refractivity contribution in [1.29, 1.82) is 0 Å². The highest BCUT2D eigenvalue weighted by molar-refractivity contribution is 7.86. The van der Waals surface area contributed by atoms with E-state index in [1.54, 1.807) is 24.3 Å². The minimum absolute atomic E-state index is 0.0394. The third-order valence-electron chi connectivity index (χ3n) is 15.4. The van der Waals surface area contributed by atoms with Crippen LogP contribution in [0.5, 0.6) is 0 Å². The summed E-state index contributed by atoms with van der Waals surface area (Å²) >= 11 is 0. The Balaban J connectivity index is 0.000000269. The molecule has 70 heavy (non-hydrogen) atoms. The minimum Gasteiger partial charge on any atom is -0.744 e. The molecule has 5 aromatic rings. The van der Waals surface area contributed by atoms with E-state index in [2.05, 4.69) is 190 Å². The Hall–Kier alpha value is -5.78. The maximum atomic E-state index is 10.4. The van der Waals surface area contributed by atoms with E-state index in [0.717, 1.165) is 11.1 Å². The average molecular weight is 977 g/mol. The van der Waals surface area contributed by atoms with Gasteiger partial charge in [-0.2, -0.15) is 9.15 Å². The summed E-state index contributed by atoms with van der Waals surface area (Å²) in [5.41, 5.74) is 18.6. The minimum atomic E-state index is -4.27. The first-order chi connectivity index (χ1) is 32.5. The van der Waals surface area contributed by atoms with E-state index in [1.165, 1.54) is 91.6 Å². The molecule has 2 atom stereocenters. The molecule has 0 N–H and O–H groups in total. The van der Waals surface area contributed by atoms with Gasteiger partial charge in [-0.25, -0.2) is 16.8 Å². The molecule has 2 heterocycles. The predicted octanol–water partition coefficient (Wildman–Crippen LogP) is 12.7. The Bertz CT molecular complexity index is 3080. The molecule has 5 aromatic carbocycles. The summed E-state index contributed by atoms with van der Waals surface area (Å²) in [5, 5.41) is 0. The Labute approximate surface area is 417 Å². The molecule has 0 fully saturated rings. The van der Waals surface area contributed by atoms with Crippen molar-refractivity contribution in [3.8, 4) is 0 Å². The first kappa shape index (κ1) is 52.1. The fraction of sp³-hybridized carbons (Fsp3) is 0.333. The molecular weight excluding hydrogens is 909 g/mol. The molecule has 0 bridgehead atoms. The van der Waals surface area contributed by atoms with Gasteiger partial charge in [0.15, 0.2) is 11.4 Å². The average Bonchev–Trinajstić information content (AvgIpc) is 3.78. The highest BCUT2D eigenvalue weighted by Crippen LogP contribution is 2.52. The zero-order chi connectivity index (χ0) is 51.5. The van der Waals surface area contributed by atoms with Crippen LogP contribution in [0.3, 0.4) is 0 Å². The van der Waals surface area contributed by atoms with Gasteiger partial charge >= 0.3 is 0 Å². The lowest BCUT2D eigenvalue weighted by molar-refractivity contribution is -0.404. The fourth-order valence-corrected chi connectivity index (χ4v) is 12.3. The molecule has 0 radical (unpaired) electrons. The number of nitrogens with zero attached hydrogens (tertiary/aromatic N) is 2. The van der Waals surface area contributed by atoms with Crippen LogP contribution in [0.2, 0.25) is 0 Å². The molecule has 0 spiro atoms. The first-order valence-electron chi connectivity index (χ1n) is 23.9. The second-order valence-electron chi connectivity index (χ2n) is 21.4. The molecular formula is C60H68N2O6S2. The van der Waals surface area contributed by atoms with Gasteiger partial charge in [0.05, 0.1) is 20.6 Å². The Kier molecular flexibility index (Phi) is 14.0. The SMILES string of the molecule is CC1C(=CC=CC2=[N+](C)c3cc4c(cc3C2(C)C)[N+](C)=C(C=CC=C2C(C)c3ccccc3C2(C)C)C4(C)C)C(C)(C)c2ccccc21.Cc1ccc(S(=O)(=O)[O-])cc1.Cc1ccc(S(=O)(=O)[O-])cc1. The second kappa shape index (κ2) is 18.8. The van der Waals surface area contributed by atoms with Gasteiger partial charge in [-0.15, -0.1) is 0 Å². The molecule has 0 aromatic heterocycles. The van der Waals surface area contributed by atoms with Crippen LogP contribution in [-0.2, 0) is 41.9 Å². The monoisotopic (exact) mass is 976 g/mol. The van der Waals surface area contributed by atoms with E-state index in [-0.39, 0.29) is 31.5 Å². The molecule has 2 aliphatic heterocycles. The predicted molar refractivity (Wildman–Crippen MR) is 283 cm³/mol. The van der Waals surface area contributed by atoms with Crippen LogP contribution >= 0.6 is 0 Å². The molecule has 2 unspecified atom stereocenters. The number of hydrogen-bond donors (Lipinski definition) is 0. The summed E-state index contributed by atoms with van der Waals surface area (Å²) in [6.07, 6.45) is 14.1. The number of fused-ring (bicyclic) bond motifs is 4. The fourth-order valence-electron chi connectivity index (χ4n) is 11.4. The number of aryl methyl sites for hydroxylation is 2. The third kappa shape index (κ3) is 9.56. The molecule has 366 valence electrons. The zero-order valence-corrected chi connectivity index (χ0v) is 44.8. The standard InChI is InChI=1S/C46H54N2.2C7H8O3S/c1-29-31-19-13-15-21-35(31)43(3,4)33(29)23-17-25-41-45(7,8)37-27-40-38(28-39(37)47(41)11)46(9,10)42(48(40)12)26-18-24-34-30(2)32-20-14-16-22-36(32)44(34,5)6;2*1-6-2-4-7(5-3-6)11(8,9)10/h13-30H,1-12H3;2*2-5H,1H3,(H,8,9,10)/q+2;;/p-2. The lowest BCUT2D eigenvalue weighted by Crippen LogP contribution is -2.26. The Morgan fingerprint density at radius 3 is 1.09 bits per heavy atom. The van der Waals surface area contributed by atoms with Gasteiger partial charge in [-0.1, -0.05) is 161 Å². The van der Waals surface area contributed by atoms with Crippen LogP contribution in [0.25, 0.3) is 0 Å². The van der Waals surface area contributed by atoms with Crippen molar-refractivity contribution in [1.82, 2.24) is 0 Å². The van der Waals surface area contributed by atoms with Gasteiger partial charge in [-0.05, 0) is 88.1 Å². The number of hydrogen-bond acceptors (Lipinski definition) is 6. The van der Waals surface area contributed by atoms with E-state index in [4.69, 9.17) is 0 Å². The van der Waals surface area contributed by atoms with E-state index < -0.39 is 20.2 Å². The highest BCUT2D eigenvalue weighted by atomic mass is 32.2. The van der Waals surface area contributed by atoms with Gasteiger partial charge in [-0.3, -0.25) is 0 Å². The van der Waals surface area contributed by atoms with Gasteiger partial charge in [0, 0.05) is 58.1 Å². The number of allylic oxidation sites excluding steroid dienone is 8. The van der Waals surface area contributed by atoms with Gasteiger partial charge in [0.25, 0.3) is 0 Å². The van der Waals surface area contributed by atoms with Crippen LogP contribution in [0.15, 0.2) is 167 Å². The summed E-state index contributed by atoms with van der Waals surface area (Å²) < 4.78 is 67.2. The van der Waals surface area contributed by atoms with Crippen LogP contribution in [0, 0.1) is 13.8 Å². The molecule has 4 aliphatic rings. The first-order valence-corrected chi connectivity index (χ1v) is 26.8. The largest absolute Gasteiger partial charge is 0.744 e. The molecule has 10 heteroatoms. The summed E-state index contributed by atoms with van der Waals surface area (Å²) in [6.45, 7) is 27.4. The molecule has 9 rings (SSSR count). The molecule has 0 saturated carbocycles. The van der Waals surface area contributed by atoms with Gasteiger partial charge < -0.3 is 9.11 Å². The lowest BCUT2D eigenvalue weighted by Gasteiger charge is -2.23. The van der Waals surface area contributed by atoms with Crippen LogP contribution < -0.4 is 0 Å². The quantitative estimate of drug-likeness (QED) is 0.123. The Morgan fingerprint density at radius 1 is 0.471 bits per heavy atom. The van der Waals surface area contributed by atoms with E-state index in [9.17, 15) is 25.9 Å². The summed E-state index contributed by atoms with van der Waals surface area (Å²) in [4.78, 5) is -0.355. The maximum Gasteiger partial charge on any atom is 0.210 e. The smallest absolute Gasteiger partial charge is 0.210 e. The van der Waals surface area contributed by atoms with Crippen molar-refractivity contribution >= 4 is 43.0 Å². The molecule has 0 amide bonds. The zero-order valence-electron chi connectivity index (χ0n) is 43.2. The maximum absolute atomic E-state index is 10.4. The van der Waals surface area contributed by atoms with Crippen LogP contribution in [0.4, 0.5) is 11.4 Å². The molecule has 2 aliphatic carbocycles. The number of benzene rings is 5. The molecule has 0 saturated heterocycles. The normalized spacial score (nSPS) is 21.4.